The van der Waals surface area contributed by atoms with Gasteiger partial charge in [0.1, 0.15) is 0 Å². The Bertz CT molecular complexity index is 111. The fourth-order valence-corrected chi connectivity index (χ4v) is 2.23. The van der Waals surface area contributed by atoms with Crippen LogP contribution in [0.1, 0.15) is 32.6 Å². The van der Waals surface area contributed by atoms with Crippen LogP contribution in [0.3, 0.4) is 0 Å². The highest BCUT2D eigenvalue weighted by atomic mass is 16.5. The third-order valence-electron chi connectivity index (χ3n) is 2.92. The van der Waals surface area contributed by atoms with Gasteiger partial charge in [-0.25, -0.2) is 0 Å². The standard InChI is InChI=1S/C9H16O/c1-2-3-9-8-4-7(5-8)6-10-9/h7-9H,2-6H2,1H3. The first-order valence-corrected chi connectivity index (χ1v) is 4.51. The highest BCUT2D eigenvalue weighted by Crippen LogP contribution is 2.43. The van der Waals surface area contributed by atoms with E-state index in [2.05, 4.69) is 6.92 Å². The van der Waals surface area contributed by atoms with Gasteiger partial charge >= 0.3 is 0 Å². The first-order chi connectivity index (χ1) is 4.90. The molecule has 1 nitrogen and oxygen atoms in total. The van der Waals surface area contributed by atoms with Gasteiger partial charge in [0.05, 0.1) is 6.10 Å². The van der Waals surface area contributed by atoms with E-state index in [1.807, 2.05) is 0 Å². The maximum absolute atomic E-state index is 5.68. The molecule has 2 heterocycles. The molecule has 0 aromatic rings. The van der Waals surface area contributed by atoms with Crippen LogP contribution < -0.4 is 0 Å². The SMILES string of the molecule is CCCC1OCC2CC1C2. The van der Waals surface area contributed by atoms with E-state index in [0.717, 1.165) is 18.4 Å². The van der Waals surface area contributed by atoms with Gasteiger partial charge in [0.2, 0.25) is 0 Å². The molecule has 0 N–H and O–H groups in total. The Balaban J connectivity index is 1.84. The molecule has 3 fully saturated rings. The zero-order valence-corrected chi connectivity index (χ0v) is 6.68. The van der Waals surface area contributed by atoms with Crippen molar-refractivity contribution >= 4 is 0 Å². The third kappa shape index (κ3) is 0.968. The monoisotopic (exact) mass is 140 g/mol. The molecule has 1 heteroatoms. The summed E-state index contributed by atoms with van der Waals surface area (Å²) in [5.41, 5.74) is 0. The summed E-state index contributed by atoms with van der Waals surface area (Å²) in [5.74, 6) is 1.89. The van der Waals surface area contributed by atoms with Crippen LogP contribution in [0.15, 0.2) is 0 Å². The second kappa shape index (κ2) is 2.54. The van der Waals surface area contributed by atoms with Crippen molar-refractivity contribution in [2.45, 2.75) is 38.7 Å². The second-order valence-corrected chi connectivity index (χ2v) is 3.76. The molecule has 10 heavy (non-hydrogen) atoms. The number of hydrogen-bond acceptors (Lipinski definition) is 1. The molecule has 2 bridgehead atoms. The number of hydrogen-bond donors (Lipinski definition) is 0. The predicted octanol–water partition coefficient (Wildman–Crippen LogP) is 2.21. The van der Waals surface area contributed by atoms with Gasteiger partial charge in [-0.15, -0.1) is 0 Å². The minimum absolute atomic E-state index is 0.634. The Hall–Kier alpha value is -0.0400. The van der Waals surface area contributed by atoms with E-state index in [1.54, 1.807) is 0 Å². The Kier molecular flexibility index (Phi) is 1.69. The maximum atomic E-state index is 5.68. The van der Waals surface area contributed by atoms with E-state index in [4.69, 9.17) is 4.74 Å². The van der Waals surface area contributed by atoms with Gasteiger partial charge < -0.3 is 4.74 Å². The van der Waals surface area contributed by atoms with Crippen molar-refractivity contribution in [2.75, 3.05) is 6.61 Å². The summed E-state index contributed by atoms with van der Waals surface area (Å²) in [7, 11) is 0. The van der Waals surface area contributed by atoms with Crippen molar-refractivity contribution in [1.29, 1.82) is 0 Å². The molecule has 0 aromatic heterocycles. The highest BCUT2D eigenvalue weighted by molar-refractivity contribution is 4.89. The molecular weight excluding hydrogens is 124 g/mol. The lowest BCUT2D eigenvalue weighted by atomic mass is 9.69. The Morgan fingerprint density at radius 2 is 2.20 bits per heavy atom. The smallest absolute Gasteiger partial charge is 0.0603 e. The van der Waals surface area contributed by atoms with Gasteiger partial charge in [0.25, 0.3) is 0 Å². The van der Waals surface area contributed by atoms with Crippen molar-refractivity contribution in [3.63, 3.8) is 0 Å². The molecule has 1 aliphatic carbocycles. The highest BCUT2D eigenvalue weighted by Gasteiger charge is 2.40. The van der Waals surface area contributed by atoms with E-state index in [9.17, 15) is 0 Å². The van der Waals surface area contributed by atoms with Crippen LogP contribution in [0.4, 0.5) is 0 Å². The number of fused-ring (bicyclic) bond motifs is 2. The summed E-state index contributed by atoms with van der Waals surface area (Å²) in [6, 6.07) is 0. The molecular formula is C9H16O. The first kappa shape index (κ1) is 6.66. The normalized spacial score (nSPS) is 44.7. The summed E-state index contributed by atoms with van der Waals surface area (Å²) in [4.78, 5) is 0. The quantitative estimate of drug-likeness (QED) is 0.571. The molecule has 2 aliphatic heterocycles. The molecule has 3 rings (SSSR count). The molecule has 0 amide bonds. The van der Waals surface area contributed by atoms with Gasteiger partial charge in [0, 0.05) is 6.61 Å². The Morgan fingerprint density at radius 1 is 1.40 bits per heavy atom. The summed E-state index contributed by atoms with van der Waals surface area (Å²) in [6.07, 6.45) is 6.13. The average molecular weight is 140 g/mol. The molecule has 58 valence electrons. The summed E-state index contributed by atoms with van der Waals surface area (Å²) < 4.78 is 5.68. The van der Waals surface area contributed by atoms with Crippen LogP contribution in [0, 0.1) is 11.8 Å². The number of rotatable bonds is 2. The molecule has 2 saturated heterocycles. The lowest BCUT2D eigenvalue weighted by Crippen LogP contribution is -2.44. The molecule has 1 atom stereocenters. The van der Waals surface area contributed by atoms with E-state index < -0.39 is 0 Å². The van der Waals surface area contributed by atoms with Crippen LogP contribution in [0.2, 0.25) is 0 Å². The zero-order chi connectivity index (χ0) is 6.97. The van der Waals surface area contributed by atoms with Gasteiger partial charge in [-0.2, -0.15) is 0 Å². The molecule has 0 spiro atoms. The molecule has 1 saturated carbocycles. The van der Waals surface area contributed by atoms with E-state index in [0.29, 0.717) is 6.10 Å². The van der Waals surface area contributed by atoms with Gasteiger partial charge in [-0.1, -0.05) is 13.3 Å². The zero-order valence-electron chi connectivity index (χ0n) is 6.68. The Labute approximate surface area is 62.8 Å². The predicted molar refractivity (Wildman–Crippen MR) is 40.9 cm³/mol. The van der Waals surface area contributed by atoms with Crippen molar-refractivity contribution in [3.05, 3.63) is 0 Å². The Morgan fingerprint density at radius 3 is 2.70 bits per heavy atom. The summed E-state index contributed by atoms with van der Waals surface area (Å²) in [6.45, 7) is 3.30. The van der Waals surface area contributed by atoms with Gasteiger partial charge in [0.15, 0.2) is 0 Å². The van der Waals surface area contributed by atoms with Crippen molar-refractivity contribution in [2.24, 2.45) is 11.8 Å². The molecule has 0 radical (unpaired) electrons. The topological polar surface area (TPSA) is 9.23 Å². The largest absolute Gasteiger partial charge is 0.378 e. The van der Waals surface area contributed by atoms with Crippen molar-refractivity contribution in [1.82, 2.24) is 0 Å². The van der Waals surface area contributed by atoms with Crippen molar-refractivity contribution < 1.29 is 4.74 Å². The first-order valence-electron chi connectivity index (χ1n) is 4.51. The average Bonchev–Trinajstić information content (AvgIpc) is 1.87. The lowest BCUT2D eigenvalue weighted by molar-refractivity contribution is -0.125. The fourth-order valence-electron chi connectivity index (χ4n) is 2.23. The summed E-state index contributed by atoms with van der Waals surface area (Å²) in [5, 5.41) is 0. The van der Waals surface area contributed by atoms with Crippen LogP contribution in [0.5, 0.6) is 0 Å². The van der Waals surface area contributed by atoms with Crippen molar-refractivity contribution in [3.8, 4) is 0 Å². The van der Waals surface area contributed by atoms with Crippen LogP contribution in [-0.4, -0.2) is 12.7 Å². The molecule has 1 unspecified atom stereocenters. The lowest BCUT2D eigenvalue weighted by Gasteiger charge is -2.46. The second-order valence-electron chi connectivity index (χ2n) is 3.76. The van der Waals surface area contributed by atoms with Gasteiger partial charge in [-0.3, -0.25) is 0 Å². The maximum Gasteiger partial charge on any atom is 0.0603 e. The fraction of sp³-hybridized carbons (Fsp3) is 1.00. The van der Waals surface area contributed by atoms with Crippen LogP contribution in [-0.2, 0) is 4.74 Å². The van der Waals surface area contributed by atoms with E-state index in [-0.39, 0.29) is 0 Å². The minimum Gasteiger partial charge on any atom is -0.378 e. The van der Waals surface area contributed by atoms with Crippen LogP contribution in [0.25, 0.3) is 0 Å². The minimum atomic E-state index is 0.634. The molecule has 3 aliphatic rings. The van der Waals surface area contributed by atoms with E-state index >= 15 is 0 Å². The van der Waals surface area contributed by atoms with E-state index in [1.165, 1.54) is 25.7 Å². The van der Waals surface area contributed by atoms with Gasteiger partial charge in [-0.05, 0) is 31.1 Å². The molecule has 0 aromatic carbocycles. The third-order valence-corrected chi connectivity index (χ3v) is 2.92. The summed E-state index contributed by atoms with van der Waals surface area (Å²) >= 11 is 0. The number of ether oxygens (including phenoxy) is 1. The van der Waals surface area contributed by atoms with Crippen LogP contribution >= 0.6 is 0 Å².